The van der Waals surface area contributed by atoms with E-state index in [9.17, 15) is 19.2 Å². The molecule has 37 heavy (non-hydrogen) atoms. The number of carbonyl (C=O) groups is 4. The van der Waals surface area contributed by atoms with Crippen LogP contribution in [0.5, 0.6) is 0 Å². The Hall–Kier alpha value is -3.59. The smallest absolute Gasteiger partial charge is 0.273 e. The quantitative estimate of drug-likeness (QED) is 0.557. The molecule has 192 valence electrons. The van der Waals surface area contributed by atoms with E-state index in [0.717, 1.165) is 10.1 Å². The molecule has 2 aliphatic heterocycles. The summed E-state index contributed by atoms with van der Waals surface area (Å²) in [5, 5.41) is 5.64. The second-order valence-electron chi connectivity index (χ2n) is 10.9. The van der Waals surface area contributed by atoms with Gasteiger partial charge in [-0.15, -0.1) is 11.3 Å². The van der Waals surface area contributed by atoms with Crippen LogP contribution in [0.2, 0.25) is 0 Å². The highest BCUT2D eigenvalue weighted by molar-refractivity contribution is 7.17. The van der Waals surface area contributed by atoms with E-state index in [4.69, 9.17) is 0 Å². The van der Waals surface area contributed by atoms with Gasteiger partial charge in [-0.05, 0) is 36.5 Å². The van der Waals surface area contributed by atoms with Crippen LogP contribution in [-0.4, -0.2) is 69.5 Å². The summed E-state index contributed by atoms with van der Waals surface area (Å²) in [5.74, 6) is -1.05. The van der Waals surface area contributed by atoms with Crippen molar-refractivity contribution in [2.45, 2.75) is 51.7 Å². The molecule has 3 aromatic rings. The molecule has 0 spiro atoms. The van der Waals surface area contributed by atoms with Crippen molar-refractivity contribution < 1.29 is 19.2 Å². The Morgan fingerprint density at radius 3 is 2.59 bits per heavy atom. The van der Waals surface area contributed by atoms with Crippen molar-refractivity contribution in [3.05, 3.63) is 65.3 Å². The Morgan fingerprint density at radius 1 is 1.11 bits per heavy atom. The highest BCUT2D eigenvalue weighted by atomic mass is 32.1. The number of carbonyl (C=O) groups excluding carboxylic acids is 4. The molecule has 1 aromatic carbocycles. The molecule has 4 heterocycles. The highest BCUT2D eigenvalue weighted by Gasteiger charge is 2.52. The van der Waals surface area contributed by atoms with Gasteiger partial charge in [-0.1, -0.05) is 45.0 Å². The lowest BCUT2D eigenvalue weighted by atomic mass is 9.87. The van der Waals surface area contributed by atoms with Crippen molar-refractivity contribution in [1.29, 1.82) is 0 Å². The molecule has 1 N–H and O–H groups in total. The number of nitrogens with one attached hydrogen (secondary N) is 1. The van der Waals surface area contributed by atoms with Crippen LogP contribution in [0.25, 0.3) is 10.1 Å². The molecule has 3 atom stereocenters. The van der Waals surface area contributed by atoms with Crippen LogP contribution in [-0.2, 0) is 9.59 Å². The van der Waals surface area contributed by atoms with Crippen molar-refractivity contribution in [3.8, 4) is 0 Å². The number of ketones is 1. The number of amides is 3. The number of rotatable bonds is 5. The summed E-state index contributed by atoms with van der Waals surface area (Å²) in [4.78, 5) is 60.6. The molecular weight excluding hydrogens is 488 g/mol. The van der Waals surface area contributed by atoms with Gasteiger partial charge in [0.05, 0.1) is 18.2 Å². The number of hydrogen-bond donors (Lipinski definition) is 1. The minimum absolute atomic E-state index is 0.0499. The number of hydrogen-bond acceptors (Lipinski definition) is 6. The lowest BCUT2D eigenvalue weighted by molar-refractivity contribution is -0.138. The van der Waals surface area contributed by atoms with E-state index in [1.165, 1.54) is 16.2 Å². The molecule has 2 fully saturated rings. The predicted octanol–water partition coefficient (Wildman–Crippen LogP) is 3.53. The molecule has 0 radical (unpaired) electrons. The molecule has 2 aromatic heterocycles. The summed E-state index contributed by atoms with van der Waals surface area (Å²) < 4.78 is 1.00. The van der Waals surface area contributed by atoms with E-state index in [1.807, 2.05) is 50.4 Å². The zero-order valence-electron chi connectivity index (χ0n) is 21.1. The highest BCUT2D eigenvalue weighted by Crippen LogP contribution is 2.33. The Balaban J connectivity index is 1.37. The largest absolute Gasteiger partial charge is 0.340 e. The third-order valence-corrected chi connectivity index (χ3v) is 7.96. The molecule has 5 rings (SSSR count). The van der Waals surface area contributed by atoms with Crippen molar-refractivity contribution in [2.24, 2.45) is 5.41 Å². The van der Waals surface area contributed by atoms with Crippen LogP contribution in [0.3, 0.4) is 0 Å². The first-order valence-corrected chi connectivity index (χ1v) is 13.3. The topological polar surface area (TPSA) is 99.7 Å². The summed E-state index contributed by atoms with van der Waals surface area (Å²) in [7, 11) is 0. The lowest BCUT2D eigenvalue weighted by Gasteiger charge is -2.31. The van der Waals surface area contributed by atoms with E-state index in [2.05, 4.69) is 10.3 Å². The Bertz CT molecular complexity index is 1360. The van der Waals surface area contributed by atoms with Crippen LogP contribution >= 0.6 is 11.3 Å². The van der Waals surface area contributed by atoms with Gasteiger partial charge >= 0.3 is 0 Å². The van der Waals surface area contributed by atoms with Crippen LogP contribution in [0.15, 0.2) is 54.0 Å². The van der Waals surface area contributed by atoms with Crippen LogP contribution in [0.1, 0.15) is 54.5 Å². The number of pyridine rings is 1. The fraction of sp³-hybridized carbons (Fsp3) is 0.393. The zero-order valence-corrected chi connectivity index (χ0v) is 22.0. The average Bonchev–Trinajstić information content (AvgIpc) is 3.58. The maximum absolute atomic E-state index is 13.9. The SMILES string of the molecule is CC(C)(C)CC(NC(=O)c1csc2ccccc12)C(=O)N1CCC2C1C(=O)CN2C(=O)c1ccccn1. The first-order chi connectivity index (χ1) is 17.6. The predicted molar refractivity (Wildman–Crippen MR) is 141 cm³/mol. The minimum atomic E-state index is -0.793. The number of fused-ring (bicyclic) bond motifs is 2. The fourth-order valence-electron chi connectivity index (χ4n) is 5.38. The van der Waals surface area contributed by atoms with E-state index in [0.29, 0.717) is 24.9 Å². The number of likely N-dealkylation sites (tertiary alicyclic amines) is 2. The maximum atomic E-state index is 13.9. The summed E-state index contributed by atoms with van der Waals surface area (Å²) in [5.41, 5.74) is 0.571. The number of nitrogens with zero attached hydrogens (tertiary/aromatic N) is 3. The fourth-order valence-corrected chi connectivity index (χ4v) is 6.32. The van der Waals surface area contributed by atoms with E-state index < -0.39 is 18.1 Å². The Labute approximate surface area is 219 Å². The summed E-state index contributed by atoms with van der Waals surface area (Å²) in [6, 6.07) is 10.9. The van der Waals surface area contributed by atoms with E-state index in [-0.39, 0.29) is 41.2 Å². The molecular formula is C28H30N4O4S. The van der Waals surface area contributed by atoms with Crippen LogP contribution in [0.4, 0.5) is 0 Å². The van der Waals surface area contributed by atoms with Crippen molar-refractivity contribution in [3.63, 3.8) is 0 Å². The van der Waals surface area contributed by atoms with Gasteiger partial charge in [0.1, 0.15) is 17.8 Å². The zero-order chi connectivity index (χ0) is 26.3. The van der Waals surface area contributed by atoms with Gasteiger partial charge in [-0.25, -0.2) is 0 Å². The van der Waals surface area contributed by atoms with Gasteiger partial charge < -0.3 is 15.1 Å². The van der Waals surface area contributed by atoms with Gasteiger partial charge in [-0.2, -0.15) is 0 Å². The van der Waals surface area contributed by atoms with Gasteiger partial charge in [0.15, 0.2) is 5.78 Å². The lowest BCUT2D eigenvalue weighted by Crippen LogP contribution is -2.53. The van der Waals surface area contributed by atoms with Crippen molar-refractivity contribution in [1.82, 2.24) is 20.1 Å². The standard InChI is InChI=1S/C28H30N4O4S/c1-28(2,3)14-20(30-25(34)18-16-37-23-10-5-4-8-17(18)23)27(36)31-13-11-21-24(31)22(33)15-32(21)26(35)19-9-6-7-12-29-19/h4-10,12,16,20-21,24H,11,13-15H2,1-3H3,(H,30,34). The summed E-state index contributed by atoms with van der Waals surface area (Å²) >= 11 is 1.49. The average molecular weight is 519 g/mol. The molecule has 3 unspecified atom stereocenters. The maximum Gasteiger partial charge on any atom is 0.273 e. The van der Waals surface area contributed by atoms with Gasteiger partial charge in [0, 0.05) is 28.2 Å². The summed E-state index contributed by atoms with van der Waals surface area (Å²) in [6.07, 6.45) is 2.47. The Morgan fingerprint density at radius 2 is 1.86 bits per heavy atom. The molecule has 0 saturated carbocycles. The number of benzene rings is 1. The third kappa shape index (κ3) is 4.87. The molecule has 3 amide bonds. The van der Waals surface area contributed by atoms with E-state index in [1.54, 1.807) is 29.3 Å². The molecule has 2 aliphatic rings. The first kappa shape index (κ1) is 25.1. The number of aromatic nitrogens is 1. The van der Waals surface area contributed by atoms with Gasteiger partial charge in [-0.3, -0.25) is 24.2 Å². The van der Waals surface area contributed by atoms with Crippen LogP contribution < -0.4 is 5.32 Å². The number of Topliss-reactive ketones (excluding diaryl/α,β-unsaturated/α-hetero) is 1. The first-order valence-electron chi connectivity index (χ1n) is 12.5. The molecule has 8 nitrogen and oxygen atoms in total. The van der Waals surface area contributed by atoms with Crippen molar-refractivity contribution >= 4 is 44.9 Å². The van der Waals surface area contributed by atoms with Crippen LogP contribution in [0, 0.1) is 5.41 Å². The normalized spacial score (nSPS) is 20.2. The second kappa shape index (κ2) is 9.70. The Kier molecular flexibility index (Phi) is 6.58. The molecule has 2 saturated heterocycles. The molecule has 9 heteroatoms. The van der Waals surface area contributed by atoms with Gasteiger partial charge in [0.25, 0.3) is 11.8 Å². The molecule has 0 aliphatic carbocycles. The third-order valence-electron chi connectivity index (χ3n) is 7.00. The minimum Gasteiger partial charge on any atom is -0.340 e. The van der Waals surface area contributed by atoms with Crippen molar-refractivity contribution in [2.75, 3.05) is 13.1 Å². The monoisotopic (exact) mass is 518 g/mol. The molecule has 0 bridgehead atoms. The summed E-state index contributed by atoms with van der Waals surface area (Å²) in [6.45, 7) is 6.34. The number of thiophene rings is 1. The van der Waals surface area contributed by atoms with Gasteiger partial charge in [0.2, 0.25) is 5.91 Å². The second-order valence-corrected chi connectivity index (χ2v) is 11.8. The van der Waals surface area contributed by atoms with E-state index >= 15 is 0 Å².